The fraction of sp³-hybridized carbons (Fsp3) is 0.238. The Labute approximate surface area is 164 Å². The average molecular weight is 381 g/mol. The quantitative estimate of drug-likeness (QED) is 0.487. The predicted octanol–water partition coefficient (Wildman–Crippen LogP) is 3.28. The van der Waals surface area contributed by atoms with Gasteiger partial charge in [-0.15, -0.1) is 0 Å². The molecule has 0 atom stereocenters. The molecule has 3 aromatic rings. The van der Waals surface area contributed by atoms with E-state index >= 15 is 0 Å². The van der Waals surface area contributed by atoms with Gasteiger partial charge in [-0.3, -0.25) is 4.99 Å². The number of nitrogens with zero attached hydrogens (tertiary/aromatic N) is 3. The molecule has 7 heteroatoms. The molecule has 0 aliphatic rings. The maximum Gasteiger partial charge on any atom is 0.191 e. The summed E-state index contributed by atoms with van der Waals surface area (Å²) in [5.41, 5.74) is 2.33. The van der Waals surface area contributed by atoms with E-state index in [1.54, 1.807) is 36.4 Å². The first-order valence-electron chi connectivity index (χ1n) is 9.13. The Morgan fingerprint density at radius 3 is 2.71 bits per heavy atom. The van der Waals surface area contributed by atoms with Crippen LogP contribution < -0.4 is 15.4 Å². The Balaban J connectivity index is 1.58. The molecule has 1 aromatic heterocycles. The van der Waals surface area contributed by atoms with E-state index < -0.39 is 0 Å². The smallest absolute Gasteiger partial charge is 0.191 e. The Bertz CT molecular complexity index is 924. The number of guanidine groups is 1. The highest BCUT2D eigenvalue weighted by Gasteiger charge is 2.07. The van der Waals surface area contributed by atoms with Gasteiger partial charge < -0.3 is 19.9 Å². The van der Waals surface area contributed by atoms with Gasteiger partial charge in [-0.2, -0.15) is 0 Å². The van der Waals surface area contributed by atoms with Crippen LogP contribution >= 0.6 is 0 Å². The minimum absolute atomic E-state index is 0.300. The number of hydrogen-bond acceptors (Lipinski definition) is 3. The SMILES string of the molecule is CCOc1ccccc1CNC(=NC)NCc1ccc(-n2ccnc2)c(F)c1. The van der Waals surface area contributed by atoms with E-state index in [4.69, 9.17) is 4.74 Å². The molecule has 0 saturated heterocycles. The summed E-state index contributed by atoms with van der Waals surface area (Å²) in [7, 11) is 1.70. The van der Waals surface area contributed by atoms with Crippen LogP contribution in [0.25, 0.3) is 5.69 Å². The molecular formula is C21H24FN5O. The van der Waals surface area contributed by atoms with Gasteiger partial charge in [0.1, 0.15) is 11.6 Å². The first kappa shape index (κ1) is 19.4. The van der Waals surface area contributed by atoms with E-state index in [0.29, 0.717) is 31.3 Å². The Morgan fingerprint density at radius 2 is 2.00 bits per heavy atom. The maximum atomic E-state index is 14.4. The molecule has 1 heterocycles. The summed E-state index contributed by atoms with van der Waals surface area (Å²) in [4.78, 5) is 8.17. The van der Waals surface area contributed by atoms with E-state index in [1.165, 1.54) is 6.07 Å². The monoisotopic (exact) mass is 381 g/mol. The van der Waals surface area contributed by atoms with E-state index in [2.05, 4.69) is 20.6 Å². The van der Waals surface area contributed by atoms with Gasteiger partial charge in [0.15, 0.2) is 5.96 Å². The molecule has 0 bridgehead atoms. The highest BCUT2D eigenvalue weighted by molar-refractivity contribution is 5.79. The standard InChI is InChI=1S/C21H24FN5O/c1-3-28-20-7-5-4-6-17(20)14-26-21(23-2)25-13-16-8-9-19(18(22)12-16)27-11-10-24-15-27/h4-12,15H,3,13-14H2,1-2H3,(H2,23,25,26). The molecule has 0 fully saturated rings. The van der Waals surface area contributed by atoms with Crippen LogP contribution in [0.5, 0.6) is 5.75 Å². The first-order chi connectivity index (χ1) is 13.7. The lowest BCUT2D eigenvalue weighted by atomic mass is 10.2. The van der Waals surface area contributed by atoms with E-state index in [0.717, 1.165) is 16.9 Å². The Hall–Kier alpha value is -3.35. The molecule has 3 rings (SSSR count). The van der Waals surface area contributed by atoms with Gasteiger partial charge in [-0.05, 0) is 30.7 Å². The summed E-state index contributed by atoms with van der Waals surface area (Å²) < 4.78 is 21.7. The zero-order valence-electron chi connectivity index (χ0n) is 16.0. The second kappa shape index (κ2) is 9.55. The fourth-order valence-electron chi connectivity index (χ4n) is 2.80. The fourth-order valence-corrected chi connectivity index (χ4v) is 2.80. The largest absolute Gasteiger partial charge is 0.494 e. The third-order valence-electron chi connectivity index (χ3n) is 4.20. The molecule has 0 saturated carbocycles. The molecule has 0 aliphatic heterocycles. The van der Waals surface area contributed by atoms with Crippen LogP contribution in [0, 0.1) is 5.82 Å². The Kier molecular flexibility index (Phi) is 6.62. The number of halogens is 1. The maximum absolute atomic E-state index is 14.4. The molecule has 28 heavy (non-hydrogen) atoms. The number of imidazole rings is 1. The third-order valence-corrected chi connectivity index (χ3v) is 4.20. The number of benzene rings is 2. The van der Waals surface area contributed by atoms with Gasteiger partial charge in [-0.1, -0.05) is 24.3 Å². The number of rotatable bonds is 7. The van der Waals surface area contributed by atoms with Crippen molar-refractivity contribution in [2.24, 2.45) is 4.99 Å². The van der Waals surface area contributed by atoms with Crippen molar-refractivity contribution >= 4 is 5.96 Å². The minimum atomic E-state index is -0.300. The van der Waals surface area contributed by atoms with E-state index in [-0.39, 0.29) is 5.82 Å². The van der Waals surface area contributed by atoms with Crippen molar-refractivity contribution in [3.8, 4) is 11.4 Å². The summed E-state index contributed by atoms with van der Waals surface area (Å²) in [6, 6.07) is 13.0. The number of nitrogens with one attached hydrogen (secondary N) is 2. The summed E-state index contributed by atoms with van der Waals surface area (Å²) >= 11 is 0. The van der Waals surface area contributed by atoms with Crippen molar-refractivity contribution in [3.05, 3.63) is 78.1 Å². The second-order valence-corrected chi connectivity index (χ2v) is 6.08. The summed E-state index contributed by atoms with van der Waals surface area (Å²) in [5, 5.41) is 6.46. The van der Waals surface area contributed by atoms with Gasteiger partial charge in [0.2, 0.25) is 0 Å². The van der Waals surface area contributed by atoms with Gasteiger partial charge in [0.05, 0.1) is 18.6 Å². The zero-order chi connectivity index (χ0) is 19.8. The van der Waals surface area contributed by atoms with Crippen LogP contribution in [0.2, 0.25) is 0 Å². The number of para-hydroxylation sites is 1. The van der Waals surface area contributed by atoms with Gasteiger partial charge in [0.25, 0.3) is 0 Å². The molecule has 2 N–H and O–H groups in total. The van der Waals surface area contributed by atoms with E-state index in [1.807, 2.05) is 37.3 Å². The molecule has 2 aromatic carbocycles. The van der Waals surface area contributed by atoms with Crippen molar-refractivity contribution in [1.82, 2.24) is 20.2 Å². The highest BCUT2D eigenvalue weighted by atomic mass is 19.1. The minimum Gasteiger partial charge on any atom is -0.494 e. The number of hydrogen-bond donors (Lipinski definition) is 2. The van der Waals surface area contributed by atoms with Crippen LogP contribution in [0.15, 0.2) is 66.2 Å². The molecule has 0 spiro atoms. The zero-order valence-corrected chi connectivity index (χ0v) is 16.0. The lowest BCUT2D eigenvalue weighted by Gasteiger charge is -2.14. The van der Waals surface area contributed by atoms with Crippen LogP contribution in [-0.2, 0) is 13.1 Å². The van der Waals surface area contributed by atoms with Crippen LogP contribution in [-0.4, -0.2) is 29.2 Å². The van der Waals surface area contributed by atoms with Crippen molar-refractivity contribution in [1.29, 1.82) is 0 Å². The summed E-state index contributed by atoms with van der Waals surface area (Å²) in [5.74, 6) is 1.18. The topological polar surface area (TPSA) is 63.5 Å². The number of aromatic nitrogens is 2. The van der Waals surface area contributed by atoms with Crippen LogP contribution in [0.4, 0.5) is 4.39 Å². The summed E-state index contributed by atoms with van der Waals surface area (Å²) in [6.07, 6.45) is 4.90. The first-order valence-corrected chi connectivity index (χ1v) is 9.13. The van der Waals surface area contributed by atoms with Crippen molar-refractivity contribution in [2.45, 2.75) is 20.0 Å². The van der Waals surface area contributed by atoms with Crippen molar-refractivity contribution < 1.29 is 9.13 Å². The van der Waals surface area contributed by atoms with Gasteiger partial charge in [0, 0.05) is 38.1 Å². The van der Waals surface area contributed by atoms with Crippen molar-refractivity contribution in [3.63, 3.8) is 0 Å². The molecule has 0 unspecified atom stereocenters. The molecule has 6 nitrogen and oxygen atoms in total. The highest BCUT2D eigenvalue weighted by Crippen LogP contribution is 2.17. The lowest BCUT2D eigenvalue weighted by molar-refractivity contribution is 0.336. The normalized spacial score (nSPS) is 11.3. The van der Waals surface area contributed by atoms with Crippen molar-refractivity contribution in [2.75, 3.05) is 13.7 Å². The molecule has 0 radical (unpaired) electrons. The second-order valence-electron chi connectivity index (χ2n) is 6.08. The molecular weight excluding hydrogens is 357 g/mol. The lowest BCUT2D eigenvalue weighted by Crippen LogP contribution is -2.36. The molecule has 0 amide bonds. The predicted molar refractivity (Wildman–Crippen MR) is 108 cm³/mol. The van der Waals surface area contributed by atoms with Crippen LogP contribution in [0.3, 0.4) is 0 Å². The van der Waals surface area contributed by atoms with Crippen LogP contribution in [0.1, 0.15) is 18.1 Å². The average Bonchev–Trinajstić information content (AvgIpc) is 3.24. The number of ether oxygens (including phenoxy) is 1. The number of aliphatic imine (C=N–C) groups is 1. The third kappa shape index (κ3) is 4.88. The molecule has 0 aliphatic carbocycles. The van der Waals surface area contributed by atoms with Gasteiger partial charge >= 0.3 is 0 Å². The molecule has 146 valence electrons. The Morgan fingerprint density at radius 1 is 1.18 bits per heavy atom. The van der Waals surface area contributed by atoms with Gasteiger partial charge in [-0.25, -0.2) is 9.37 Å². The summed E-state index contributed by atoms with van der Waals surface area (Å²) in [6.45, 7) is 3.60. The van der Waals surface area contributed by atoms with E-state index in [9.17, 15) is 4.39 Å².